The number of methoxy groups -OCH3 is 1. The minimum absolute atomic E-state index is 0. The van der Waals surface area contributed by atoms with E-state index in [1.54, 1.807) is 0 Å². The molecule has 1 N–H and O–H groups in total. The van der Waals surface area contributed by atoms with E-state index in [1.165, 1.54) is 18.2 Å². The first-order valence-corrected chi connectivity index (χ1v) is 15.6. The molecule has 0 bridgehead atoms. The highest BCUT2D eigenvalue weighted by molar-refractivity contribution is 5.83. The molecule has 0 amide bonds. The highest BCUT2D eigenvalue weighted by Crippen LogP contribution is 2.44. The monoisotopic (exact) mass is 578 g/mol. The van der Waals surface area contributed by atoms with Crippen molar-refractivity contribution in [2.75, 3.05) is 7.11 Å². The van der Waals surface area contributed by atoms with Crippen LogP contribution in [0.15, 0.2) is 48.5 Å². The smallest absolute Gasteiger partial charge is 0.316 e. The van der Waals surface area contributed by atoms with E-state index in [-0.39, 0.29) is 24.2 Å². The molecule has 2 aliphatic carbocycles. The number of hydrogen-bond donors (Lipinski definition) is 1. The fraction of sp³-hybridized carbons (Fsp3) is 0.632. The molecule has 0 radical (unpaired) electrons. The van der Waals surface area contributed by atoms with Gasteiger partial charge in [-0.15, -0.1) is 0 Å². The van der Waals surface area contributed by atoms with Crippen molar-refractivity contribution in [2.24, 2.45) is 11.8 Å². The van der Waals surface area contributed by atoms with Gasteiger partial charge in [0, 0.05) is 0 Å². The molecular formula is C38H58O4. The van der Waals surface area contributed by atoms with Crippen molar-refractivity contribution in [1.29, 1.82) is 0 Å². The highest BCUT2D eigenvalue weighted by Gasteiger charge is 2.44. The normalized spacial score (nSPS) is 26.2. The average molecular weight is 579 g/mol. The number of carboxylic acid groups (broad SMARTS) is 1. The quantitative estimate of drug-likeness (QED) is 0.367. The number of benzene rings is 2. The van der Waals surface area contributed by atoms with Gasteiger partial charge in [-0.25, -0.2) is 0 Å². The van der Waals surface area contributed by atoms with E-state index in [2.05, 4.69) is 91.8 Å². The lowest BCUT2D eigenvalue weighted by molar-refractivity contribution is -0.149. The minimum atomic E-state index is -0.673. The van der Waals surface area contributed by atoms with E-state index in [0.29, 0.717) is 11.8 Å². The summed E-state index contributed by atoms with van der Waals surface area (Å²) in [6.45, 7) is 17.6. The number of ether oxygens (including phenoxy) is 1. The van der Waals surface area contributed by atoms with Gasteiger partial charge < -0.3 is 9.84 Å². The van der Waals surface area contributed by atoms with Crippen LogP contribution in [0, 0.1) is 11.8 Å². The van der Waals surface area contributed by atoms with Gasteiger partial charge in [0.2, 0.25) is 0 Å². The lowest BCUT2D eigenvalue weighted by atomic mass is 9.66. The summed E-state index contributed by atoms with van der Waals surface area (Å²) >= 11 is 0. The fourth-order valence-electron chi connectivity index (χ4n) is 6.51. The first-order valence-electron chi connectivity index (χ1n) is 15.6. The second kappa shape index (κ2) is 13.8. The van der Waals surface area contributed by atoms with Crippen LogP contribution in [0.25, 0.3) is 0 Å². The Morgan fingerprint density at radius 1 is 0.714 bits per heavy atom. The molecule has 0 atom stereocenters. The first-order chi connectivity index (χ1) is 19.0. The first kappa shape index (κ1) is 35.6. The van der Waals surface area contributed by atoms with Crippen LogP contribution >= 0.6 is 0 Å². The number of hydrogen-bond acceptors (Lipinski definition) is 3. The standard InChI is InChI=1S/C19H28O2.C18H26O2.CH4/c1-14-9-11-19(12-10-14,17(20)21-5)16-8-6-7-15(13-16)18(2,3)4;1-13-8-10-18(11-9-13,16(19)20)15-7-5-6-14(12-15)17(2,3)4;/h6-8,13-14H,9-12H2,1-5H3;5-7,12-13H,8-11H2,1-4H3,(H,19,20);1H4. The number of aliphatic carboxylic acids is 1. The van der Waals surface area contributed by atoms with Crippen molar-refractivity contribution in [2.45, 2.75) is 136 Å². The van der Waals surface area contributed by atoms with Gasteiger partial charge in [-0.1, -0.05) is 111 Å². The predicted octanol–water partition coefficient (Wildman–Crippen LogP) is 9.76. The van der Waals surface area contributed by atoms with Crippen molar-refractivity contribution in [3.63, 3.8) is 0 Å². The maximum absolute atomic E-state index is 12.5. The topological polar surface area (TPSA) is 63.6 Å². The summed E-state index contributed by atoms with van der Waals surface area (Å²) in [4.78, 5) is 24.5. The van der Waals surface area contributed by atoms with Gasteiger partial charge in [0.15, 0.2) is 0 Å². The summed E-state index contributed by atoms with van der Waals surface area (Å²) in [5.74, 6) is 0.623. The summed E-state index contributed by atoms with van der Waals surface area (Å²) < 4.78 is 5.17. The van der Waals surface area contributed by atoms with Gasteiger partial charge in [-0.05, 0) is 96.3 Å². The van der Waals surface area contributed by atoms with Crippen LogP contribution in [0.3, 0.4) is 0 Å². The SMILES string of the molecule is C.CC1CCC(C(=O)O)(c2cccc(C(C)(C)C)c2)CC1.COC(=O)C1(c2cccc(C(C)(C)C)c2)CCC(C)CC1. The largest absolute Gasteiger partial charge is 0.481 e. The number of rotatable bonds is 4. The summed E-state index contributed by atoms with van der Waals surface area (Å²) in [5.41, 5.74) is 3.65. The number of carbonyl (C=O) groups excluding carboxylic acids is 1. The molecule has 0 heterocycles. The van der Waals surface area contributed by atoms with Crippen LogP contribution in [0.2, 0.25) is 0 Å². The molecule has 2 fully saturated rings. The van der Waals surface area contributed by atoms with Gasteiger partial charge >= 0.3 is 11.9 Å². The Bertz CT molecular complexity index is 1180. The van der Waals surface area contributed by atoms with Crippen LogP contribution in [-0.4, -0.2) is 24.2 Å². The number of carboxylic acids is 1. The van der Waals surface area contributed by atoms with Gasteiger partial charge in [-0.2, -0.15) is 0 Å². The zero-order valence-corrected chi connectivity index (χ0v) is 27.1. The molecule has 0 aromatic heterocycles. The van der Waals surface area contributed by atoms with Gasteiger partial charge in [0.25, 0.3) is 0 Å². The Labute approximate surface area is 256 Å². The predicted molar refractivity (Wildman–Crippen MR) is 175 cm³/mol. The molecule has 4 nitrogen and oxygen atoms in total. The molecule has 0 saturated heterocycles. The third-order valence-corrected chi connectivity index (χ3v) is 9.80. The Hall–Kier alpha value is -2.62. The highest BCUT2D eigenvalue weighted by atomic mass is 16.5. The molecule has 0 unspecified atom stereocenters. The van der Waals surface area contributed by atoms with Crippen molar-refractivity contribution in [1.82, 2.24) is 0 Å². The van der Waals surface area contributed by atoms with E-state index in [4.69, 9.17) is 4.74 Å². The second-order valence-corrected chi connectivity index (χ2v) is 15.0. The van der Waals surface area contributed by atoms with E-state index in [9.17, 15) is 14.7 Å². The van der Waals surface area contributed by atoms with Crippen LogP contribution in [0.4, 0.5) is 0 Å². The Morgan fingerprint density at radius 2 is 1.07 bits per heavy atom. The fourth-order valence-corrected chi connectivity index (χ4v) is 6.51. The third kappa shape index (κ3) is 7.85. The van der Waals surface area contributed by atoms with E-state index in [1.807, 2.05) is 12.1 Å². The molecule has 2 saturated carbocycles. The number of esters is 1. The number of carbonyl (C=O) groups is 2. The minimum Gasteiger partial charge on any atom is -0.481 e. The maximum Gasteiger partial charge on any atom is 0.316 e. The van der Waals surface area contributed by atoms with Crippen molar-refractivity contribution < 1.29 is 19.4 Å². The van der Waals surface area contributed by atoms with Crippen LogP contribution in [0.5, 0.6) is 0 Å². The van der Waals surface area contributed by atoms with Gasteiger partial charge in [0.05, 0.1) is 17.9 Å². The van der Waals surface area contributed by atoms with Crippen molar-refractivity contribution in [3.05, 3.63) is 70.8 Å². The van der Waals surface area contributed by atoms with Crippen molar-refractivity contribution >= 4 is 11.9 Å². The van der Waals surface area contributed by atoms with Crippen LogP contribution < -0.4 is 0 Å². The second-order valence-electron chi connectivity index (χ2n) is 15.0. The lowest BCUT2D eigenvalue weighted by Gasteiger charge is -2.38. The third-order valence-electron chi connectivity index (χ3n) is 9.80. The molecule has 4 rings (SSSR count). The molecule has 2 aliphatic rings. The van der Waals surface area contributed by atoms with Gasteiger partial charge in [-0.3, -0.25) is 9.59 Å². The van der Waals surface area contributed by atoms with Crippen LogP contribution in [-0.2, 0) is 36.0 Å². The molecule has 42 heavy (non-hydrogen) atoms. The van der Waals surface area contributed by atoms with E-state index in [0.717, 1.165) is 62.5 Å². The molecule has 234 valence electrons. The molecule has 2 aromatic carbocycles. The molecular weight excluding hydrogens is 520 g/mol. The molecule has 0 spiro atoms. The molecule has 0 aliphatic heterocycles. The Balaban J connectivity index is 0.000000287. The average Bonchev–Trinajstić information content (AvgIpc) is 2.93. The van der Waals surface area contributed by atoms with E-state index < -0.39 is 16.8 Å². The Morgan fingerprint density at radius 3 is 1.40 bits per heavy atom. The Kier molecular flexibility index (Phi) is 11.7. The van der Waals surface area contributed by atoms with Crippen LogP contribution in [0.1, 0.15) is 136 Å². The summed E-state index contributed by atoms with van der Waals surface area (Å²) in [5, 5.41) is 9.82. The summed E-state index contributed by atoms with van der Waals surface area (Å²) in [7, 11) is 1.51. The van der Waals surface area contributed by atoms with E-state index >= 15 is 0 Å². The summed E-state index contributed by atoms with van der Waals surface area (Å²) in [6, 6.07) is 16.8. The van der Waals surface area contributed by atoms with Gasteiger partial charge in [0.1, 0.15) is 0 Å². The molecule has 4 heteroatoms. The zero-order chi connectivity index (χ0) is 30.6. The molecule has 2 aromatic rings. The maximum atomic E-state index is 12.5. The zero-order valence-electron chi connectivity index (χ0n) is 27.1. The lowest BCUT2D eigenvalue weighted by Crippen LogP contribution is -2.40. The van der Waals surface area contributed by atoms with Crippen molar-refractivity contribution in [3.8, 4) is 0 Å². The summed E-state index contributed by atoms with van der Waals surface area (Å²) in [6.07, 6.45) is 7.51.